The highest BCUT2D eigenvalue weighted by molar-refractivity contribution is 7.89. The Balaban J connectivity index is 1.72. The average molecular weight is 338 g/mol. The molecule has 2 rings (SSSR count). The smallest absolute Gasteiger partial charge is 0.220 e. The second-order valence-corrected chi connectivity index (χ2v) is 6.63. The van der Waals surface area contributed by atoms with E-state index in [0.29, 0.717) is 18.8 Å². The molecule has 9 nitrogen and oxygen atoms in total. The minimum atomic E-state index is -3.55. The van der Waals surface area contributed by atoms with Crippen LogP contribution in [-0.2, 0) is 21.4 Å². The Kier molecular flexibility index (Phi) is 5.77. The van der Waals surface area contributed by atoms with Crippen LogP contribution in [0.5, 0.6) is 0 Å². The number of amides is 1. The highest BCUT2D eigenvalue weighted by atomic mass is 32.2. The number of sulfonamides is 1. The molecule has 1 aromatic heterocycles. The lowest BCUT2D eigenvalue weighted by Gasteiger charge is -2.03. The molecule has 0 aliphatic heterocycles. The molecule has 0 aliphatic carbocycles. The number of carbonyl (C=O) groups excluding carboxylic acids is 1. The van der Waals surface area contributed by atoms with Gasteiger partial charge in [-0.05, 0) is 11.6 Å². The summed E-state index contributed by atoms with van der Waals surface area (Å²) in [6.45, 7) is 0.458. The highest BCUT2D eigenvalue weighted by Crippen LogP contribution is 2.11. The van der Waals surface area contributed by atoms with Crippen molar-refractivity contribution in [1.29, 1.82) is 0 Å². The van der Waals surface area contributed by atoms with E-state index in [9.17, 15) is 13.2 Å². The van der Waals surface area contributed by atoms with E-state index in [2.05, 4.69) is 20.7 Å². The quantitative estimate of drug-likeness (QED) is 0.668. The molecule has 0 unspecified atom stereocenters. The summed E-state index contributed by atoms with van der Waals surface area (Å²) in [6.07, 6.45) is 0.763. The Hall–Kier alpha value is -2.33. The first-order valence-corrected chi connectivity index (χ1v) is 8.76. The van der Waals surface area contributed by atoms with E-state index in [1.807, 2.05) is 30.3 Å². The fraction of sp³-hybridized carbons (Fsp3) is 0.385. The van der Waals surface area contributed by atoms with Gasteiger partial charge in [-0.2, -0.15) is 4.80 Å². The molecule has 1 aromatic carbocycles. The largest absolute Gasteiger partial charge is 0.355 e. The Morgan fingerprint density at radius 1 is 1.26 bits per heavy atom. The van der Waals surface area contributed by atoms with E-state index in [0.717, 1.165) is 5.56 Å². The number of carbonyl (C=O) groups is 1. The molecular formula is C13H18N6O3S. The maximum Gasteiger partial charge on any atom is 0.220 e. The molecule has 3 N–H and O–H groups in total. The molecule has 2 aromatic rings. The molecule has 0 saturated carbocycles. The van der Waals surface area contributed by atoms with E-state index in [1.165, 1.54) is 4.80 Å². The first kappa shape index (κ1) is 17.0. The van der Waals surface area contributed by atoms with Gasteiger partial charge in [-0.25, -0.2) is 13.6 Å². The zero-order valence-corrected chi connectivity index (χ0v) is 13.2. The predicted molar refractivity (Wildman–Crippen MR) is 83.5 cm³/mol. The van der Waals surface area contributed by atoms with Crippen molar-refractivity contribution in [2.75, 3.05) is 12.3 Å². The van der Waals surface area contributed by atoms with Gasteiger partial charge in [0.25, 0.3) is 0 Å². The van der Waals surface area contributed by atoms with Gasteiger partial charge in [0.2, 0.25) is 21.8 Å². The highest BCUT2D eigenvalue weighted by Gasteiger charge is 2.07. The topological polar surface area (TPSA) is 133 Å². The van der Waals surface area contributed by atoms with Gasteiger partial charge in [-0.15, -0.1) is 10.2 Å². The third kappa shape index (κ3) is 6.12. The van der Waals surface area contributed by atoms with Crippen LogP contribution >= 0.6 is 0 Å². The summed E-state index contributed by atoms with van der Waals surface area (Å²) in [7, 11) is -3.55. The molecule has 1 heterocycles. The van der Waals surface area contributed by atoms with Crippen LogP contribution in [0.15, 0.2) is 30.3 Å². The number of aromatic nitrogens is 4. The van der Waals surface area contributed by atoms with Crippen LogP contribution in [0.3, 0.4) is 0 Å². The van der Waals surface area contributed by atoms with Crippen molar-refractivity contribution in [1.82, 2.24) is 25.5 Å². The number of benzene rings is 1. The summed E-state index contributed by atoms with van der Waals surface area (Å²) in [5, 5.41) is 19.5. The van der Waals surface area contributed by atoms with Gasteiger partial charge in [0.05, 0.1) is 12.3 Å². The van der Waals surface area contributed by atoms with E-state index in [1.54, 1.807) is 0 Å². The van der Waals surface area contributed by atoms with Crippen LogP contribution < -0.4 is 10.5 Å². The number of primary sulfonamides is 1. The number of rotatable bonds is 8. The molecule has 0 bridgehead atoms. The van der Waals surface area contributed by atoms with E-state index < -0.39 is 10.0 Å². The molecule has 0 fully saturated rings. The van der Waals surface area contributed by atoms with Crippen LogP contribution in [0.4, 0.5) is 0 Å². The van der Waals surface area contributed by atoms with Crippen molar-refractivity contribution in [3.05, 3.63) is 30.3 Å². The fourth-order valence-electron chi connectivity index (χ4n) is 1.84. The van der Waals surface area contributed by atoms with E-state index >= 15 is 0 Å². The number of nitrogens with one attached hydrogen (secondary N) is 1. The normalized spacial score (nSPS) is 11.3. The summed E-state index contributed by atoms with van der Waals surface area (Å²) in [4.78, 5) is 13.0. The summed E-state index contributed by atoms with van der Waals surface area (Å²) in [5.74, 6) is 0.0179. The molecule has 23 heavy (non-hydrogen) atoms. The number of aryl methyl sites for hydroxylation is 1. The number of tetrazole rings is 1. The van der Waals surface area contributed by atoms with Crippen molar-refractivity contribution in [2.45, 2.75) is 19.4 Å². The molecule has 0 atom stereocenters. The lowest BCUT2D eigenvalue weighted by molar-refractivity contribution is -0.121. The van der Waals surface area contributed by atoms with Gasteiger partial charge in [-0.3, -0.25) is 4.79 Å². The zero-order valence-electron chi connectivity index (χ0n) is 12.4. The minimum Gasteiger partial charge on any atom is -0.355 e. The molecule has 1 amide bonds. The summed E-state index contributed by atoms with van der Waals surface area (Å²) in [6, 6.07) is 9.47. The Labute approximate surface area is 133 Å². The first-order chi connectivity index (χ1) is 10.9. The molecule has 0 saturated heterocycles. The van der Waals surface area contributed by atoms with Crippen LogP contribution in [0, 0.1) is 0 Å². The molecular weight excluding hydrogens is 320 g/mol. The number of hydrogen-bond acceptors (Lipinski definition) is 6. The molecule has 0 spiro atoms. The summed E-state index contributed by atoms with van der Waals surface area (Å²) < 4.78 is 21.5. The van der Waals surface area contributed by atoms with Gasteiger partial charge < -0.3 is 5.32 Å². The van der Waals surface area contributed by atoms with E-state index in [4.69, 9.17) is 5.14 Å². The standard InChI is InChI=1S/C13H18N6O3S/c14-23(21,22)10-8-15-12(20)7-4-9-19-17-13(16-18-19)11-5-2-1-3-6-11/h1-3,5-6H,4,7-10H2,(H,15,20)(H2,14,21,22). The SMILES string of the molecule is NS(=O)(=O)CCNC(=O)CCCn1nnc(-c2ccccc2)n1. The van der Waals surface area contributed by atoms with Crippen molar-refractivity contribution >= 4 is 15.9 Å². The fourth-order valence-corrected chi connectivity index (χ4v) is 2.23. The van der Waals surface area contributed by atoms with Crippen molar-refractivity contribution in [3.63, 3.8) is 0 Å². The molecule has 10 heteroatoms. The number of nitrogens with two attached hydrogens (primary N) is 1. The second-order valence-electron chi connectivity index (χ2n) is 4.90. The van der Waals surface area contributed by atoms with Crippen LogP contribution in [0.1, 0.15) is 12.8 Å². The molecule has 124 valence electrons. The van der Waals surface area contributed by atoms with Crippen LogP contribution in [-0.4, -0.2) is 46.8 Å². The average Bonchev–Trinajstić information content (AvgIpc) is 2.96. The lowest BCUT2D eigenvalue weighted by atomic mass is 10.2. The van der Waals surface area contributed by atoms with Gasteiger partial charge in [0.1, 0.15) is 0 Å². The Bertz CT molecular complexity index is 744. The second kappa shape index (κ2) is 7.79. The number of nitrogens with zero attached hydrogens (tertiary/aromatic N) is 4. The third-order valence-corrected chi connectivity index (χ3v) is 3.73. The third-order valence-electron chi connectivity index (χ3n) is 2.96. The Morgan fingerprint density at radius 2 is 2.00 bits per heavy atom. The van der Waals surface area contributed by atoms with Gasteiger partial charge >= 0.3 is 0 Å². The van der Waals surface area contributed by atoms with Gasteiger partial charge in [0.15, 0.2) is 0 Å². The van der Waals surface area contributed by atoms with Crippen LogP contribution in [0.2, 0.25) is 0 Å². The Morgan fingerprint density at radius 3 is 2.70 bits per heavy atom. The van der Waals surface area contributed by atoms with Crippen molar-refractivity contribution < 1.29 is 13.2 Å². The maximum absolute atomic E-state index is 11.5. The van der Waals surface area contributed by atoms with Crippen LogP contribution in [0.25, 0.3) is 11.4 Å². The van der Waals surface area contributed by atoms with E-state index in [-0.39, 0.29) is 24.6 Å². The number of hydrogen-bond donors (Lipinski definition) is 2. The van der Waals surface area contributed by atoms with Gasteiger partial charge in [0, 0.05) is 18.5 Å². The molecule has 0 aliphatic rings. The molecule has 0 radical (unpaired) electrons. The maximum atomic E-state index is 11.5. The minimum absolute atomic E-state index is 0.0113. The summed E-state index contributed by atoms with van der Waals surface area (Å²) in [5.41, 5.74) is 0.875. The van der Waals surface area contributed by atoms with Crippen molar-refractivity contribution in [2.24, 2.45) is 5.14 Å². The first-order valence-electron chi connectivity index (χ1n) is 7.04. The lowest BCUT2D eigenvalue weighted by Crippen LogP contribution is -2.31. The monoisotopic (exact) mass is 338 g/mol. The predicted octanol–water partition coefficient (Wildman–Crippen LogP) is -0.475. The van der Waals surface area contributed by atoms with Gasteiger partial charge in [-0.1, -0.05) is 30.3 Å². The van der Waals surface area contributed by atoms with Crippen molar-refractivity contribution in [3.8, 4) is 11.4 Å². The summed E-state index contributed by atoms with van der Waals surface area (Å²) >= 11 is 0. The zero-order chi connectivity index (χ0) is 16.7.